The zero-order valence-electron chi connectivity index (χ0n) is 12.6. The van der Waals surface area contributed by atoms with E-state index in [1.807, 2.05) is 19.1 Å². The number of hydrogen-bond donors (Lipinski definition) is 1. The van der Waals surface area contributed by atoms with E-state index >= 15 is 0 Å². The number of hydrogen-bond acceptors (Lipinski definition) is 1. The van der Waals surface area contributed by atoms with E-state index in [0.29, 0.717) is 17.4 Å². The van der Waals surface area contributed by atoms with Crippen LogP contribution >= 0.6 is 0 Å². The van der Waals surface area contributed by atoms with Gasteiger partial charge in [0.05, 0.1) is 0 Å². The standard InChI is InChI=1S/C17H26FN/c1-5-17(6-2)14(11-16(17)19-7-3)13-8-9-15(18)12(4)10-13/h8-10,14,16,19H,5-7,11H2,1-4H3. The van der Waals surface area contributed by atoms with Gasteiger partial charge in [0, 0.05) is 6.04 Å². The Hall–Kier alpha value is -0.890. The lowest BCUT2D eigenvalue weighted by atomic mass is 9.51. The molecule has 1 aromatic carbocycles. The zero-order valence-corrected chi connectivity index (χ0v) is 12.6. The number of benzene rings is 1. The number of halogens is 1. The van der Waals surface area contributed by atoms with Gasteiger partial charge in [0.1, 0.15) is 5.82 Å². The van der Waals surface area contributed by atoms with Gasteiger partial charge in [-0.25, -0.2) is 4.39 Å². The second-order valence-corrected chi connectivity index (χ2v) is 5.85. The molecule has 0 radical (unpaired) electrons. The Labute approximate surface area is 116 Å². The van der Waals surface area contributed by atoms with Crippen LogP contribution in [-0.2, 0) is 0 Å². The molecule has 2 heteroatoms. The van der Waals surface area contributed by atoms with Crippen LogP contribution in [0.4, 0.5) is 4.39 Å². The maximum atomic E-state index is 13.4. The summed E-state index contributed by atoms with van der Waals surface area (Å²) in [4.78, 5) is 0. The fourth-order valence-corrected chi connectivity index (χ4v) is 3.91. The first-order valence-electron chi connectivity index (χ1n) is 7.58. The van der Waals surface area contributed by atoms with E-state index in [2.05, 4.69) is 26.1 Å². The molecule has 0 aromatic heterocycles. The van der Waals surface area contributed by atoms with Crippen molar-refractivity contribution in [3.63, 3.8) is 0 Å². The lowest BCUT2D eigenvalue weighted by molar-refractivity contribution is 0.0210. The summed E-state index contributed by atoms with van der Waals surface area (Å²) in [6.45, 7) is 9.64. The van der Waals surface area contributed by atoms with Gasteiger partial charge in [-0.3, -0.25) is 0 Å². The first-order valence-corrected chi connectivity index (χ1v) is 7.58. The molecule has 2 atom stereocenters. The highest BCUT2D eigenvalue weighted by Crippen LogP contribution is 2.57. The zero-order chi connectivity index (χ0) is 14.0. The Kier molecular flexibility index (Phi) is 4.29. The van der Waals surface area contributed by atoms with E-state index in [1.54, 1.807) is 6.07 Å². The van der Waals surface area contributed by atoms with Crippen LogP contribution in [0.3, 0.4) is 0 Å². The molecule has 1 aromatic rings. The van der Waals surface area contributed by atoms with Crippen molar-refractivity contribution in [1.29, 1.82) is 0 Å². The van der Waals surface area contributed by atoms with Crippen LogP contribution in [0.15, 0.2) is 18.2 Å². The SMILES string of the molecule is CCNC1CC(c2ccc(F)c(C)c2)C1(CC)CC. The molecular formula is C17H26FN. The van der Waals surface area contributed by atoms with E-state index in [0.717, 1.165) is 12.1 Å². The molecule has 106 valence electrons. The summed E-state index contributed by atoms with van der Waals surface area (Å²) in [7, 11) is 0. The highest BCUT2D eigenvalue weighted by Gasteiger charge is 2.52. The Morgan fingerprint density at radius 1 is 1.26 bits per heavy atom. The molecule has 0 spiro atoms. The largest absolute Gasteiger partial charge is 0.314 e. The van der Waals surface area contributed by atoms with Gasteiger partial charge < -0.3 is 5.32 Å². The van der Waals surface area contributed by atoms with Crippen molar-refractivity contribution in [2.45, 2.75) is 58.9 Å². The summed E-state index contributed by atoms with van der Waals surface area (Å²) >= 11 is 0. The third-order valence-electron chi connectivity index (χ3n) is 5.21. The van der Waals surface area contributed by atoms with Gasteiger partial charge in [-0.15, -0.1) is 0 Å². The van der Waals surface area contributed by atoms with Crippen LogP contribution in [0, 0.1) is 18.2 Å². The third-order valence-corrected chi connectivity index (χ3v) is 5.21. The summed E-state index contributed by atoms with van der Waals surface area (Å²) in [6, 6.07) is 6.27. The van der Waals surface area contributed by atoms with Crippen molar-refractivity contribution in [3.8, 4) is 0 Å². The fraction of sp³-hybridized carbons (Fsp3) is 0.647. The maximum Gasteiger partial charge on any atom is 0.126 e. The second-order valence-electron chi connectivity index (χ2n) is 5.85. The van der Waals surface area contributed by atoms with Gasteiger partial charge in [-0.2, -0.15) is 0 Å². The highest BCUT2D eigenvalue weighted by molar-refractivity contribution is 5.32. The van der Waals surface area contributed by atoms with Crippen molar-refractivity contribution in [2.24, 2.45) is 5.41 Å². The van der Waals surface area contributed by atoms with Crippen LogP contribution in [0.5, 0.6) is 0 Å². The van der Waals surface area contributed by atoms with E-state index in [9.17, 15) is 4.39 Å². The minimum absolute atomic E-state index is 0.0927. The monoisotopic (exact) mass is 263 g/mol. The van der Waals surface area contributed by atoms with Crippen LogP contribution in [0.25, 0.3) is 0 Å². The lowest BCUT2D eigenvalue weighted by Gasteiger charge is -2.57. The maximum absolute atomic E-state index is 13.4. The molecule has 2 unspecified atom stereocenters. The molecular weight excluding hydrogens is 237 g/mol. The minimum Gasteiger partial charge on any atom is -0.314 e. The third kappa shape index (κ3) is 2.31. The van der Waals surface area contributed by atoms with Gasteiger partial charge in [0.15, 0.2) is 0 Å². The number of rotatable bonds is 5. The van der Waals surface area contributed by atoms with Gasteiger partial charge in [0.2, 0.25) is 0 Å². The van der Waals surface area contributed by atoms with Crippen LogP contribution in [0.1, 0.15) is 57.1 Å². The van der Waals surface area contributed by atoms with E-state index in [1.165, 1.54) is 24.8 Å². The summed E-state index contributed by atoms with van der Waals surface area (Å²) in [5, 5.41) is 3.63. The quantitative estimate of drug-likeness (QED) is 0.830. The molecule has 2 rings (SSSR count). The van der Waals surface area contributed by atoms with Gasteiger partial charge in [-0.1, -0.05) is 32.9 Å². The Morgan fingerprint density at radius 3 is 2.47 bits per heavy atom. The van der Waals surface area contributed by atoms with Crippen LogP contribution < -0.4 is 5.32 Å². The number of nitrogens with one attached hydrogen (secondary N) is 1. The van der Waals surface area contributed by atoms with E-state index in [4.69, 9.17) is 0 Å². The summed E-state index contributed by atoms with van der Waals surface area (Å²) in [5.74, 6) is 0.482. The van der Waals surface area contributed by atoms with Crippen molar-refractivity contribution in [2.75, 3.05) is 6.54 Å². The summed E-state index contributed by atoms with van der Waals surface area (Å²) in [5.41, 5.74) is 2.43. The molecule has 1 aliphatic rings. The van der Waals surface area contributed by atoms with Gasteiger partial charge in [0.25, 0.3) is 0 Å². The van der Waals surface area contributed by atoms with Gasteiger partial charge >= 0.3 is 0 Å². The first kappa shape index (κ1) is 14.5. The molecule has 0 bridgehead atoms. The highest BCUT2D eigenvalue weighted by atomic mass is 19.1. The van der Waals surface area contributed by atoms with Gasteiger partial charge in [-0.05, 0) is 61.3 Å². The molecule has 0 heterocycles. The molecule has 1 N–H and O–H groups in total. The molecule has 1 aliphatic carbocycles. The Morgan fingerprint density at radius 2 is 1.95 bits per heavy atom. The summed E-state index contributed by atoms with van der Waals surface area (Å²) in [6.07, 6.45) is 3.55. The summed E-state index contributed by atoms with van der Waals surface area (Å²) < 4.78 is 13.4. The topological polar surface area (TPSA) is 12.0 Å². The molecule has 19 heavy (non-hydrogen) atoms. The first-order chi connectivity index (χ1) is 9.08. The predicted octanol–water partition coefficient (Wildman–Crippen LogP) is 4.41. The molecule has 0 saturated heterocycles. The molecule has 1 fully saturated rings. The van der Waals surface area contributed by atoms with Crippen LogP contribution in [-0.4, -0.2) is 12.6 Å². The number of aryl methyl sites for hydroxylation is 1. The molecule has 0 aliphatic heterocycles. The lowest BCUT2D eigenvalue weighted by Crippen LogP contribution is -2.58. The van der Waals surface area contributed by atoms with Crippen molar-refractivity contribution in [3.05, 3.63) is 35.1 Å². The Balaban J connectivity index is 2.27. The molecule has 0 amide bonds. The van der Waals surface area contributed by atoms with Crippen molar-refractivity contribution < 1.29 is 4.39 Å². The van der Waals surface area contributed by atoms with E-state index in [-0.39, 0.29) is 5.82 Å². The molecule has 1 saturated carbocycles. The van der Waals surface area contributed by atoms with Crippen molar-refractivity contribution >= 4 is 0 Å². The molecule has 1 nitrogen and oxygen atoms in total. The van der Waals surface area contributed by atoms with Crippen molar-refractivity contribution in [1.82, 2.24) is 5.32 Å². The predicted molar refractivity (Wildman–Crippen MR) is 79.0 cm³/mol. The van der Waals surface area contributed by atoms with E-state index < -0.39 is 0 Å². The fourth-order valence-electron chi connectivity index (χ4n) is 3.91. The average molecular weight is 263 g/mol. The Bertz CT molecular complexity index is 437. The normalized spacial score (nSPS) is 25.1. The van der Waals surface area contributed by atoms with Crippen LogP contribution in [0.2, 0.25) is 0 Å². The second kappa shape index (κ2) is 5.62. The smallest absolute Gasteiger partial charge is 0.126 e. The average Bonchev–Trinajstić information content (AvgIpc) is 2.39. The minimum atomic E-state index is -0.0927.